The zero-order valence-corrected chi connectivity index (χ0v) is 16.9. The quantitative estimate of drug-likeness (QED) is 0.297. The van der Waals surface area contributed by atoms with Gasteiger partial charge in [0.15, 0.2) is 0 Å². The Bertz CT molecular complexity index is 1100. The van der Waals surface area contributed by atoms with Gasteiger partial charge in [-0.2, -0.15) is 18.4 Å². The van der Waals surface area contributed by atoms with Gasteiger partial charge in [-0.05, 0) is 71.3 Å². The minimum Gasteiger partial charge on any atom is -0.489 e. The average molecular weight is 448 g/mol. The summed E-state index contributed by atoms with van der Waals surface area (Å²) < 4.78 is 43.7. The largest absolute Gasteiger partial charge is 0.489 e. The standard InChI is InChI=1S/C23H14Cl2F3NO/c24-21-10-3-16(12-22(21)25)14-30-20-8-4-17(5-9-20)18(13-29)11-15-1-6-19(7-2-15)23(26,27)28/h1-12H,14H2. The molecule has 0 N–H and O–H groups in total. The zero-order valence-electron chi connectivity index (χ0n) is 15.4. The maximum absolute atomic E-state index is 12.7. The number of hydrogen-bond donors (Lipinski definition) is 0. The lowest BCUT2D eigenvalue weighted by molar-refractivity contribution is -0.137. The van der Waals surface area contributed by atoms with Crippen molar-refractivity contribution < 1.29 is 17.9 Å². The first kappa shape index (κ1) is 21.8. The Hall–Kier alpha value is -2.94. The minimum absolute atomic E-state index is 0.294. The third-order valence-electron chi connectivity index (χ3n) is 4.22. The van der Waals surface area contributed by atoms with Crippen molar-refractivity contribution >= 4 is 34.9 Å². The molecule has 0 aliphatic heterocycles. The number of nitriles is 1. The van der Waals surface area contributed by atoms with Gasteiger partial charge in [-0.25, -0.2) is 0 Å². The molecule has 0 saturated heterocycles. The Labute approximate surface area is 181 Å². The van der Waals surface area contributed by atoms with E-state index < -0.39 is 11.7 Å². The average Bonchev–Trinajstić information content (AvgIpc) is 2.73. The maximum atomic E-state index is 12.7. The predicted octanol–water partition coefficient (Wildman–Crippen LogP) is 7.66. The van der Waals surface area contributed by atoms with E-state index in [1.165, 1.54) is 18.2 Å². The van der Waals surface area contributed by atoms with Crippen molar-refractivity contribution in [1.29, 1.82) is 5.26 Å². The predicted molar refractivity (Wildman–Crippen MR) is 112 cm³/mol. The molecule has 0 amide bonds. The van der Waals surface area contributed by atoms with Gasteiger partial charge in [-0.15, -0.1) is 0 Å². The molecule has 3 rings (SSSR count). The van der Waals surface area contributed by atoms with Crippen molar-refractivity contribution in [1.82, 2.24) is 0 Å². The molecule has 0 bridgehead atoms. The minimum atomic E-state index is -4.40. The highest BCUT2D eigenvalue weighted by Crippen LogP contribution is 2.30. The first-order valence-corrected chi connectivity index (χ1v) is 9.48. The smallest absolute Gasteiger partial charge is 0.416 e. The Morgan fingerprint density at radius 2 is 1.60 bits per heavy atom. The summed E-state index contributed by atoms with van der Waals surface area (Å²) in [6.07, 6.45) is -2.86. The van der Waals surface area contributed by atoms with Crippen molar-refractivity contribution in [3.63, 3.8) is 0 Å². The molecule has 3 aromatic carbocycles. The van der Waals surface area contributed by atoms with Crippen LogP contribution >= 0.6 is 23.2 Å². The van der Waals surface area contributed by atoms with Gasteiger partial charge >= 0.3 is 6.18 Å². The second-order valence-electron chi connectivity index (χ2n) is 6.35. The molecular formula is C23H14Cl2F3NO. The molecule has 0 aromatic heterocycles. The van der Waals surface area contributed by atoms with Gasteiger partial charge in [0.1, 0.15) is 12.4 Å². The third-order valence-corrected chi connectivity index (χ3v) is 4.96. The van der Waals surface area contributed by atoms with Crippen molar-refractivity contribution in [2.45, 2.75) is 12.8 Å². The maximum Gasteiger partial charge on any atom is 0.416 e. The molecule has 0 fully saturated rings. The summed E-state index contributed by atoms with van der Waals surface area (Å²) in [4.78, 5) is 0. The SMILES string of the molecule is N#CC(=Cc1ccc(C(F)(F)F)cc1)c1ccc(OCc2ccc(Cl)c(Cl)c2)cc1. The van der Waals surface area contributed by atoms with Crippen LogP contribution in [0.5, 0.6) is 5.75 Å². The summed E-state index contributed by atoms with van der Waals surface area (Å²) in [5.41, 5.74) is 1.57. The number of hydrogen-bond acceptors (Lipinski definition) is 2. The molecule has 7 heteroatoms. The van der Waals surface area contributed by atoms with Crippen LogP contribution in [-0.4, -0.2) is 0 Å². The number of benzene rings is 3. The summed E-state index contributed by atoms with van der Waals surface area (Å²) in [5, 5.41) is 10.4. The molecule has 0 spiro atoms. The van der Waals surface area contributed by atoms with Crippen molar-refractivity contribution in [3.05, 3.63) is 99.0 Å². The number of ether oxygens (including phenoxy) is 1. The fourth-order valence-corrected chi connectivity index (χ4v) is 2.96. The van der Waals surface area contributed by atoms with Gasteiger partial charge in [0, 0.05) is 0 Å². The molecule has 0 radical (unpaired) electrons. The van der Waals surface area contributed by atoms with E-state index in [1.807, 2.05) is 6.07 Å². The zero-order chi connectivity index (χ0) is 21.7. The Morgan fingerprint density at radius 1 is 0.933 bits per heavy atom. The van der Waals surface area contributed by atoms with E-state index >= 15 is 0 Å². The van der Waals surface area contributed by atoms with Crippen LogP contribution in [0.2, 0.25) is 10.0 Å². The van der Waals surface area contributed by atoms with Crippen LogP contribution in [-0.2, 0) is 12.8 Å². The molecule has 30 heavy (non-hydrogen) atoms. The van der Waals surface area contributed by atoms with Crippen molar-refractivity contribution in [2.24, 2.45) is 0 Å². The van der Waals surface area contributed by atoms with Crippen LogP contribution in [0, 0.1) is 11.3 Å². The summed E-state index contributed by atoms with van der Waals surface area (Å²) in [5.74, 6) is 0.594. The number of alkyl halides is 3. The van der Waals surface area contributed by atoms with Crippen LogP contribution in [0.4, 0.5) is 13.2 Å². The van der Waals surface area contributed by atoms with E-state index in [1.54, 1.807) is 36.4 Å². The molecule has 0 unspecified atom stereocenters. The summed E-state index contributed by atoms with van der Waals surface area (Å²) in [6.45, 7) is 0.294. The van der Waals surface area contributed by atoms with Gasteiger partial charge < -0.3 is 4.74 Å². The van der Waals surface area contributed by atoms with E-state index in [9.17, 15) is 18.4 Å². The second-order valence-corrected chi connectivity index (χ2v) is 7.17. The monoisotopic (exact) mass is 447 g/mol. The van der Waals surface area contributed by atoms with Crippen molar-refractivity contribution in [3.8, 4) is 11.8 Å². The summed E-state index contributed by atoms with van der Waals surface area (Å²) in [7, 11) is 0. The van der Waals surface area contributed by atoms with Gasteiger partial charge in [0.25, 0.3) is 0 Å². The number of nitrogens with zero attached hydrogens (tertiary/aromatic N) is 1. The van der Waals surface area contributed by atoms with Crippen LogP contribution in [0.25, 0.3) is 11.6 Å². The Kier molecular flexibility index (Phi) is 6.71. The number of halogens is 5. The van der Waals surface area contributed by atoms with Gasteiger partial charge in [0.05, 0.1) is 27.3 Å². The highest BCUT2D eigenvalue weighted by atomic mass is 35.5. The lowest BCUT2D eigenvalue weighted by Crippen LogP contribution is -2.03. The highest BCUT2D eigenvalue weighted by molar-refractivity contribution is 6.42. The molecule has 0 aliphatic carbocycles. The normalized spacial score (nSPS) is 11.8. The van der Waals surface area contributed by atoms with Crippen LogP contribution in [0.15, 0.2) is 66.7 Å². The highest BCUT2D eigenvalue weighted by Gasteiger charge is 2.29. The number of allylic oxidation sites excluding steroid dienone is 1. The van der Waals surface area contributed by atoms with E-state index in [-0.39, 0.29) is 0 Å². The molecule has 3 aromatic rings. The van der Waals surface area contributed by atoms with E-state index in [0.717, 1.165) is 17.7 Å². The summed E-state index contributed by atoms with van der Waals surface area (Å²) >= 11 is 11.9. The second kappa shape index (κ2) is 9.25. The van der Waals surface area contributed by atoms with E-state index in [2.05, 4.69) is 6.07 Å². The van der Waals surface area contributed by atoms with Crippen LogP contribution in [0.3, 0.4) is 0 Å². The first-order valence-electron chi connectivity index (χ1n) is 8.72. The molecule has 2 nitrogen and oxygen atoms in total. The molecular weight excluding hydrogens is 434 g/mol. The molecule has 0 heterocycles. The van der Waals surface area contributed by atoms with Crippen LogP contribution < -0.4 is 4.74 Å². The fraction of sp³-hybridized carbons (Fsp3) is 0.0870. The Balaban J connectivity index is 1.71. The lowest BCUT2D eigenvalue weighted by Gasteiger charge is -2.08. The van der Waals surface area contributed by atoms with Gasteiger partial charge in [-0.3, -0.25) is 0 Å². The third kappa shape index (κ3) is 5.56. The van der Waals surface area contributed by atoms with Crippen LogP contribution in [0.1, 0.15) is 22.3 Å². The van der Waals surface area contributed by atoms with E-state index in [0.29, 0.717) is 39.1 Å². The van der Waals surface area contributed by atoms with E-state index in [4.69, 9.17) is 27.9 Å². The Morgan fingerprint density at radius 3 is 2.17 bits per heavy atom. The van der Waals surface area contributed by atoms with Crippen molar-refractivity contribution in [2.75, 3.05) is 0 Å². The molecule has 0 atom stereocenters. The molecule has 0 aliphatic rings. The number of rotatable bonds is 5. The topological polar surface area (TPSA) is 33.0 Å². The molecule has 152 valence electrons. The van der Waals surface area contributed by atoms with Gasteiger partial charge in [-0.1, -0.05) is 41.4 Å². The first-order chi connectivity index (χ1) is 14.3. The fourth-order valence-electron chi connectivity index (χ4n) is 2.64. The lowest BCUT2D eigenvalue weighted by atomic mass is 10.0. The summed E-state index contributed by atoms with van der Waals surface area (Å²) in [6, 6.07) is 18.8. The molecule has 0 saturated carbocycles. The van der Waals surface area contributed by atoms with Gasteiger partial charge in [0.2, 0.25) is 0 Å².